The lowest BCUT2D eigenvalue weighted by Gasteiger charge is -2.24. The van der Waals surface area contributed by atoms with E-state index >= 15 is 0 Å². The Labute approximate surface area is 159 Å². The lowest BCUT2D eigenvalue weighted by molar-refractivity contribution is -0.126. The highest BCUT2D eigenvalue weighted by atomic mass is 19.1. The molecule has 1 saturated carbocycles. The van der Waals surface area contributed by atoms with Crippen molar-refractivity contribution in [3.8, 4) is 5.75 Å². The first-order valence-electron chi connectivity index (χ1n) is 9.49. The van der Waals surface area contributed by atoms with Crippen LogP contribution in [0.1, 0.15) is 36.4 Å². The van der Waals surface area contributed by atoms with E-state index in [1.54, 1.807) is 19.2 Å². The predicted molar refractivity (Wildman–Crippen MR) is 104 cm³/mol. The zero-order chi connectivity index (χ0) is 19.2. The Hall–Kier alpha value is -2.40. The molecule has 0 saturated heterocycles. The van der Waals surface area contributed by atoms with Crippen molar-refractivity contribution in [3.05, 3.63) is 65.5 Å². The van der Waals surface area contributed by atoms with Gasteiger partial charge in [0.1, 0.15) is 11.6 Å². The molecule has 2 aromatic rings. The third kappa shape index (κ3) is 4.86. The molecule has 1 aliphatic carbocycles. The Morgan fingerprint density at radius 1 is 1.19 bits per heavy atom. The van der Waals surface area contributed by atoms with Crippen molar-refractivity contribution >= 4 is 5.91 Å². The highest BCUT2D eigenvalue weighted by molar-refractivity contribution is 5.79. The Morgan fingerprint density at radius 3 is 2.52 bits per heavy atom. The van der Waals surface area contributed by atoms with Gasteiger partial charge < -0.3 is 15.8 Å². The number of hydrogen-bond acceptors (Lipinski definition) is 3. The second kappa shape index (κ2) is 9.00. The van der Waals surface area contributed by atoms with E-state index in [0.29, 0.717) is 13.0 Å². The first-order chi connectivity index (χ1) is 13.1. The number of methoxy groups -OCH3 is 1. The summed E-state index contributed by atoms with van der Waals surface area (Å²) >= 11 is 0. The number of nitrogens with two attached hydrogens (primary N) is 1. The molecule has 3 rings (SSSR count). The van der Waals surface area contributed by atoms with E-state index < -0.39 is 0 Å². The predicted octanol–water partition coefficient (Wildman–Crippen LogP) is 3.61. The molecule has 3 N–H and O–H groups in total. The van der Waals surface area contributed by atoms with Gasteiger partial charge in [-0.15, -0.1) is 0 Å². The molecule has 4 nitrogen and oxygen atoms in total. The molecule has 1 fully saturated rings. The van der Waals surface area contributed by atoms with Gasteiger partial charge in [-0.3, -0.25) is 4.79 Å². The van der Waals surface area contributed by atoms with Gasteiger partial charge in [0.15, 0.2) is 0 Å². The smallest absolute Gasteiger partial charge is 0.223 e. The minimum absolute atomic E-state index is 0.0241. The summed E-state index contributed by atoms with van der Waals surface area (Å²) in [6.45, 7) is 0.545. The fraction of sp³-hybridized carbons (Fsp3) is 0.409. The molecule has 0 bridgehead atoms. The van der Waals surface area contributed by atoms with E-state index in [1.165, 1.54) is 12.1 Å². The fourth-order valence-corrected chi connectivity index (χ4v) is 3.89. The summed E-state index contributed by atoms with van der Waals surface area (Å²) in [6, 6.07) is 13.9. The monoisotopic (exact) mass is 370 g/mol. The van der Waals surface area contributed by atoms with Gasteiger partial charge >= 0.3 is 0 Å². The van der Waals surface area contributed by atoms with Crippen LogP contribution in [0.5, 0.6) is 5.75 Å². The van der Waals surface area contributed by atoms with Crippen molar-refractivity contribution in [1.82, 2.24) is 5.32 Å². The van der Waals surface area contributed by atoms with Gasteiger partial charge in [0.05, 0.1) is 13.2 Å². The molecule has 2 aromatic carbocycles. The molecule has 0 aliphatic heterocycles. The van der Waals surface area contributed by atoms with E-state index in [4.69, 9.17) is 10.5 Å². The highest BCUT2D eigenvalue weighted by Crippen LogP contribution is 2.32. The molecular weight excluding hydrogens is 343 g/mol. The van der Waals surface area contributed by atoms with Crippen molar-refractivity contribution in [3.63, 3.8) is 0 Å². The van der Waals surface area contributed by atoms with Gasteiger partial charge in [-0.1, -0.05) is 30.7 Å². The number of nitrogens with one attached hydrogen (secondary N) is 1. The molecule has 1 amide bonds. The molecule has 1 unspecified atom stereocenters. The fourth-order valence-electron chi connectivity index (χ4n) is 3.89. The van der Waals surface area contributed by atoms with Crippen LogP contribution < -0.4 is 15.8 Å². The molecular formula is C22H27FN2O2. The highest BCUT2D eigenvalue weighted by Gasteiger charge is 2.33. The lowest BCUT2D eigenvalue weighted by Crippen LogP contribution is -2.38. The van der Waals surface area contributed by atoms with Crippen molar-refractivity contribution in [2.75, 3.05) is 13.7 Å². The molecule has 0 radical (unpaired) electrons. The van der Waals surface area contributed by atoms with Gasteiger partial charge in [-0.05, 0) is 67.1 Å². The van der Waals surface area contributed by atoms with Crippen LogP contribution in [0.25, 0.3) is 0 Å². The van der Waals surface area contributed by atoms with E-state index in [0.717, 1.165) is 36.1 Å². The maximum absolute atomic E-state index is 13.2. The molecule has 0 aromatic heterocycles. The third-order valence-corrected chi connectivity index (χ3v) is 5.49. The Bertz CT molecular complexity index is 746. The van der Waals surface area contributed by atoms with E-state index in [1.807, 2.05) is 24.3 Å². The van der Waals surface area contributed by atoms with Crippen LogP contribution in [0.3, 0.4) is 0 Å². The Kier molecular flexibility index (Phi) is 6.45. The number of amides is 1. The standard InChI is InChI=1S/C22H27FN2O2/c1-27-19-11-7-16(8-12-19)21(13-15-5-9-18(23)10-6-15)25-22(26)20-4-2-3-17(20)14-24/h5-12,17,20-21H,2-4,13-14,24H2,1H3,(H,25,26)/t17-,20-,21?/m1/s1. The van der Waals surface area contributed by atoms with Gasteiger partial charge in [-0.25, -0.2) is 4.39 Å². The number of halogens is 1. The lowest BCUT2D eigenvalue weighted by atomic mass is 9.93. The zero-order valence-corrected chi connectivity index (χ0v) is 15.7. The Morgan fingerprint density at radius 2 is 1.89 bits per heavy atom. The second-order valence-corrected chi connectivity index (χ2v) is 7.20. The number of carbonyl (C=O) groups excluding carboxylic acids is 1. The number of ether oxygens (including phenoxy) is 1. The normalized spacial score (nSPS) is 20.3. The van der Waals surface area contributed by atoms with Crippen molar-refractivity contribution in [2.45, 2.75) is 31.7 Å². The van der Waals surface area contributed by atoms with Crippen LogP contribution in [0.15, 0.2) is 48.5 Å². The van der Waals surface area contributed by atoms with Gasteiger partial charge in [0, 0.05) is 5.92 Å². The quantitative estimate of drug-likeness (QED) is 0.783. The van der Waals surface area contributed by atoms with Crippen LogP contribution in [0, 0.1) is 17.7 Å². The third-order valence-electron chi connectivity index (χ3n) is 5.49. The summed E-state index contributed by atoms with van der Waals surface area (Å²) in [4.78, 5) is 12.9. The number of carbonyl (C=O) groups is 1. The maximum Gasteiger partial charge on any atom is 0.223 e. The first kappa shape index (κ1) is 19.4. The van der Waals surface area contributed by atoms with Crippen molar-refractivity contribution in [2.24, 2.45) is 17.6 Å². The summed E-state index contributed by atoms with van der Waals surface area (Å²) in [5, 5.41) is 3.21. The first-order valence-corrected chi connectivity index (χ1v) is 9.49. The molecule has 27 heavy (non-hydrogen) atoms. The summed E-state index contributed by atoms with van der Waals surface area (Å²) in [7, 11) is 1.62. The van der Waals surface area contributed by atoms with E-state index in [2.05, 4.69) is 5.32 Å². The molecule has 0 spiro atoms. The van der Waals surface area contributed by atoms with Crippen LogP contribution in [-0.2, 0) is 11.2 Å². The Balaban J connectivity index is 1.79. The van der Waals surface area contributed by atoms with Crippen LogP contribution in [-0.4, -0.2) is 19.6 Å². The van der Waals surface area contributed by atoms with Crippen molar-refractivity contribution < 1.29 is 13.9 Å². The summed E-state index contributed by atoms with van der Waals surface area (Å²) in [6.07, 6.45) is 3.54. The van der Waals surface area contributed by atoms with Gasteiger partial charge in [0.25, 0.3) is 0 Å². The average molecular weight is 370 g/mol. The minimum atomic E-state index is -0.263. The SMILES string of the molecule is COc1ccc(C(Cc2ccc(F)cc2)NC(=O)[C@@H]2CCC[C@@H]2CN)cc1. The van der Waals surface area contributed by atoms with Gasteiger partial charge in [-0.2, -0.15) is 0 Å². The molecule has 144 valence electrons. The molecule has 5 heteroatoms. The maximum atomic E-state index is 13.2. The summed E-state index contributed by atoms with van der Waals surface area (Å²) < 4.78 is 18.5. The van der Waals surface area contributed by atoms with Crippen LogP contribution >= 0.6 is 0 Å². The average Bonchev–Trinajstić information content (AvgIpc) is 3.18. The second-order valence-electron chi connectivity index (χ2n) is 7.20. The number of rotatable bonds is 7. The van der Waals surface area contributed by atoms with E-state index in [-0.39, 0.29) is 29.6 Å². The molecule has 0 heterocycles. The summed E-state index contributed by atoms with van der Waals surface area (Å²) in [5.41, 5.74) is 7.81. The topological polar surface area (TPSA) is 64.3 Å². The minimum Gasteiger partial charge on any atom is -0.497 e. The van der Waals surface area contributed by atoms with E-state index in [9.17, 15) is 9.18 Å². The zero-order valence-electron chi connectivity index (χ0n) is 15.7. The number of hydrogen-bond donors (Lipinski definition) is 2. The van der Waals surface area contributed by atoms with Crippen LogP contribution in [0.2, 0.25) is 0 Å². The molecule has 1 aliphatic rings. The van der Waals surface area contributed by atoms with Gasteiger partial charge in [0.2, 0.25) is 5.91 Å². The van der Waals surface area contributed by atoms with Crippen molar-refractivity contribution in [1.29, 1.82) is 0 Å². The molecule has 3 atom stereocenters. The number of benzene rings is 2. The van der Waals surface area contributed by atoms with Crippen LogP contribution in [0.4, 0.5) is 4.39 Å². The largest absolute Gasteiger partial charge is 0.497 e. The summed E-state index contributed by atoms with van der Waals surface area (Å²) in [5.74, 6) is 0.798.